The zero-order valence-corrected chi connectivity index (χ0v) is 19.3. The molecule has 4 rings (SSSR count). The van der Waals surface area contributed by atoms with Gasteiger partial charge in [-0.1, -0.05) is 17.7 Å². The van der Waals surface area contributed by atoms with Gasteiger partial charge in [-0.25, -0.2) is 4.79 Å². The highest BCUT2D eigenvalue weighted by molar-refractivity contribution is 7.16. The minimum Gasteiger partial charge on any atom is -0.461 e. The monoisotopic (exact) mass is 501 g/mol. The van der Waals surface area contributed by atoms with Crippen LogP contribution in [-0.2, 0) is 10.9 Å². The fraction of sp³-hybridized carbons (Fsp3) is 0.167. The standard InChI is InChI=1S/C24H18F3N3O4S/c1-3-34-23(33)19-17-12-35-21(28-20(31)14-6-8-15(9-7-14)24(25,26)27)18(17)22(32)30(29-19)16-10-4-13(2)5-11-16/h4-12H,3H2,1-2H3,(H,28,31). The summed E-state index contributed by atoms with van der Waals surface area (Å²) in [5.74, 6) is -1.45. The number of aryl methyl sites for hydroxylation is 1. The molecule has 0 saturated carbocycles. The number of aromatic nitrogens is 2. The second-order valence-corrected chi connectivity index (χ2v) is 8.38. The van der Waals surface area contributed by atoms with Crippen LogP contribution < -0.4 is 10.9 Å². The van der Waals surface area contributed by atoms with Crippen LogP contribution in [0.25, 0.3) is 16.5 Å². The summed E-state index contributed by atoms with van der Waals surface area (Å²) in [6.45, 7) is 3.60. The van der Waals surface area contributed by atoms with E-state index in [0.717, 1.165) is 45.8 Å². The Balaban J connectivity index is 1.80. The minimum atomic E-state index is -4.53. The van der Waals surface area contributed by atoms with Gasteiger partial charge < -0.3 is 10.1 Å². The number of hydrogen-bond donors (Lipinski definition) is 1. The van der Waals surface area contributed by atoms with E-state index < -0.39 is 29.2 Å². The number of anilines is 1. The van der Waals surface area contributed by atoms with E-state index in [0.29, 0.717) is 5.69 Å². The van der Waals surface area contributed by atoms with E-state index in [1.807, 2.05) is 6.92 Å². The smallest absolute Gasteiger partial charge is 0.416 e. The Labute approximate surface area is 200 Å². The number of carbonyl (C=O) groups excluding carboxylic acids is 2. The van der Waals surface area contributed by atoms with Crippen LogP contribution >= 0.6 is 11.3 Å². The third-order valence-electron chi connectivity index (χ3n) is 5.10. The van der Waals surface area contributed by atoms with Crippen LogP contribution in [0.4, 0.5) is 18.2 Å². The van der Waals surface area contributed by atoms with E-state index in [1.165, 1.54) is 5.38 Å². The minimum absolute atomic E-state index is 0.0296. The van der Waals surface area contributed by atoms with Gasteiger partial charge in [-0.15, -0.1) is 11.3 Å². The van der Waals surface area contributed by atoms with Gasteiger partial charge in [0.05, 0.1) is 23.2 Å². The van der Waals surface area contributed by atoms with Crippen molar-refractivity contribution >= 4 is 39.0 Å². The molecule has 2 aromatic carbocycles. The van der Waals surface area contributed by atoms with Gasteiger partial charge in [0.2, 0.25) is 0 Å². The summed E-state index contributed by atoms with van der Waals surface area (Å²) >= 11 is 0.990. The number of halogens is 3. The molecule has 2 heterocycles. The fourth-order valence-corrected chi connectivity index (χ4v) is 4.27. The third-order valence-corrected chi connectivity index (χ3v) is 6.00. The Morgan fingerprint density at radius 3 is 2.34 bits per heavy atom. The number of fused-ring (bicyclic) bond motifs is 1. The summed E-state index contributed by atoms with van der Waals surface area (Å²) in [5, 5.41) is 8.65. The zero-order chi connectivity index (χ0) is 25.3. The van der Waals surface area contributed by atoms with Crippen molar-refractivity contribution in [1.82, 2.24) is 9.78 Å². The molecule has 11 heteroatoms. The molecule has 0 aliphatic rings. The van der Waals surface area contributed by atoms with Crippen LogP contribution in [0.2, 0.25) is 0 Å². The van der Waals surface area contributed by atoms with Crippen molar-refractivity contribution in [3.05, 3.63) is 86.6 Å². The molecule has 4 aromatic rings. The largest absolute Gasteiger partial charge is 0.461 e. The first-order valence-corrected chi connectivity index (χ1v) is 11.3. The lowest BCUT2D eigenvalue weighted by Crippen LogP contribution is -2.25. The molecule has 1 N–H and O–H groups in total. The maximum atomic E-state index is 13.4. The summed E-state index contributed by atoms with van der Waals surface area (Å²) in [6, 6.07) is 10.6. The predicted octanol–water partition coefficient (Wildman–Crippen LogP) is 5.20. The maximum absolute atomic E-state index is 13.4. The lowest BCUT2D eigenvalue weighted by molar-refractivity contribution is -0.137. The molecule has 0 saturated heterocycles. The number of benzene rings is 2. The van der Waals surface area contributed by atoms with Crippen LogP contribution in [0, 0.1) is 6.92 Å². The normalized spacial score (nSPS) is 11.5. The molecule has 0 spiro atoms. The number of alkyl halides is 3. The Hall–Kier alpha value is -3.99. The molecule has 0 unspecified atom stereocenters. The molecular formula is C24H18F3N3O4S. The Morgan fingerprint density at radius 1 is 1.09 bits per heavy atom. The van der Waals surface area contributed by atoms with E-state index in [-0.39, 0.29) is 33.6 Å². The van der Waals surface area contributed by atoms with E-state index in [4.69, 9.17) is 4.74 Å². The number of nitrogens with one attached hydrogen (secondary N) is 1. The van der Waals surface area contributed by atoms with Crippen LogP contribution in [0.5, 0.6) is 0 Å². The Morgan fingerprint density at radius 2 is 1.74 bits per heavy atom. The molecule has 0 aliphatic carbocycles. The zero-order valence-electron chi connectivity index (χ0n) is 18.5. The molecule has 0 atom stereocenters. The molecule has 0 bridgehead atoms. The Bertz CT molecular complexity index is 1470. The summed E-state index contributed by atoms with van der Waals surface area (Å²) in [6.07, 6.45) is -4.53. The number of amides is 1. The van der Waals surface area contributed by atoms with Crippen molar-refractivity contribution in [2.24, 2.45) is 0 Å². The number of ether oxygens (including phenoxy) is 1. The van der Waals surface area contributed by atoms with Crippen LogP contribution in [-0.4, -0.2) is 28.3 Å². The number of rotatable bonds is 5. The molecular weight excluding hydrogens is 483 g/mol. The second kappa shape index (κ2) is 9.34. The lowest BCUT2D eigenvalue weighted by Gasteiger charge is -2.10. The van der Waals surface area contributed by atoms with Gasteiger partial charge >= 0.3 is 12.1 Å². The highest BCUT2D eigenvalue weighted by atomic mass is 32.1. The first-order chi connectivity index (χ1) is 16.6. The van der Waals surface area contributed by atoms with Crippen molar-refractivity contribution in [2.45, 2.75) is 20.0 Å². The van der Waals surface area contributed by atoms with Gasteiger partial charge in [0, 0.05) is 16.3 Å². The van der Waals surface area contributed by atoms with Gasteiger partial charge in [0.15, 0.2) is 5.69 Å². The number of carbonyl (C=O) groups is 2. The van der Waals surface area contributed by atoms with Crippen molar-refractivity contribution < 1.29 is 27.5 Å². The van der Waals surface area contributed by atoms with Gasteiger partial charge in [-0.3, -0.25) is 9.59 Å². The summed E-state index contributed by atoms with van der Waals surface area (Å²) in [4.78, 5) is 38.7. The SMILES string of the molecule is CCOC(=O)c1nn(-c2ccc(C)cc2)c(=O)c2c(NC(=O)c3ccc(C(F)(F)F)cc3)scc12. The van der Waals surface area contributed by atoms with E-state index in [2.05, 4.69) is 10.4 Å². The van der Waals surface area contributed by atoms with Gasteiger partial charge in [0.1, 0.15) is 5.00 Å². The molecule has 0 fully saturated rings. The molecule has 0 radical (unpaired) electrons. The van der Waals surface area contributed by atoms with Crippen molar-refractivity contribution in [3.63, 3.8) is 0 Å². The average molecular weight is 501 g/mol. The molecule has 7 nitrogen and oxygen atoms in total. The van der Waals surface area contributed by atoms with Crippen molar-refractivity contribution in [1.29, 1.82) is 0 Å². The van der Waals surface area contributed by atoms with E-state index in [1.54, 1.807) is 31.2 Å². The Kier molecular flexibility index (Phi) is 6.44. The summed E-state index contributed by atoms with van der Waals surface area (Å²) < 4.78 is 44.6. The van der Waals surface area contributed by atoms with Crippen molar-refractivity contribution in [3.8, 4) is 5.69 Å². The van der Waals surface area contributed by atoms with Crippen LogP contribution in [0.3, 0.4) is 0 Å². The number of esters is 1. The quantitative estimate of drug-likeness (QED) is 0.380. The first kappa shape index (κ1) is 24.1. The van der Waals surface area contributed by atoms with Crippen molar-refractivity contribution in [2.75, 3.05) is 11.9 Å². The average Bonchev–Trinajstić information content (AvgIpc) is 3.24. The lowest BCUT2D eigenvalue weighted by atomic mass is 10.1. The first-order valence-electron chi connectivity index (χ1n) is 10.4. The second-order valence-electron chi connectivity index (χ2n) is 7.50. The number of hydrogen-bond acceptors (Lipinski definition) is 6. The predicted molar refractivity (Wildman–Crippen MR) is 125 cm³/mol. The van der Waals surface area contributed by atoms with Gasteiger partial charge in [-0.05, 0) is 50.2 Å². The van der Waals surface area contributed by atoms with Gasteiger partial charge in [-0.2, -0.15) is 23.0 Å². The number of nitrogens with zero attached hydrogens (tertiary/aromatic N) is 2. The number of thiophene rings is 1. The highest BCUT2D eigenvalue weighted by Crippen LogP contribution is 2.32. The molecule has 1 amide bonds. The topological polar surface area (TPSA) is 90.3 Å². The summed E-state index contributed by atoms with van der Waals surface area (Å²) in [7, 11) is 0. The highest BCUT2D eigenvalue weighted by Gasteiger charge is 2.30. The summed E-state index contributed by atoms with van der Waals surface area (Å²) in [5.41, 5.74) is -0.248. The maximum Gasteiger partial charge on any atom is 0.416 e. The van der Waals surface area contributed by atoms with Gasteiger partial charge in [0.25, 0.3) is 11.5 Å². The molecule has 0 aliphatic heterocycles. The fourth-order valence-electron chi connectivity index (χ4n) is 3.34. The van der Waals surface area contributed by atoms with Crippen LogP contribution in [0.15, 0.2) is 58.7 Å². The van der Waals surface area contributed by atoms with E-state index in [9.17, 15) is 27.6 Å². The molecule has 35 heavy (non-hydrogen) atoms. The molecule has 180 valence electrons. The third kappa shape index (κ3) is 4.80. The molecule has 2 aromatic heterocycles. The van der Waals surface area contributed by atoms with Crippen LogP contribution in [0.1, 0.15) is 38.9 Å². The van der Waals surface area contributed by atoms with E-state index >= 15 is 0 Å².